The average molecular weight is 192 g/mol. The fraction of sp³-hybridized carbons (Fsp3) is 0.333. The normalized spacial score (nSPS) is 10.7. The third-order valence-corrected chi connectivity index (χ3v) is 2.16. The highest BCUT2D eigenvalue weighted by Gasteiger charge is 2.09. The number of anilines is 1. The smallest absolute Gasteiger partial charge is 0.145 e. The molecular weight excluding hydrogens is 180 g/mol. The fourth-order valence-electron chi connectivity index (χ4n) is 1.36. The van der Waals surface area contributed by atoms with Crippen LogP contribution in [0.2, 0.25) is 0 Å². The second-order valence-electron chi connectivity index (χ2n) is 3.24. The molecule has 5 heteroatoms. The van der Waals surface area contributed by atoms with Crippen LogP contribution in [0.15, 0.2) is 16.8 Å². The molecule has 2 aromatic rings. The van der Waals surface area contributed by atoms with Gasteiger partial charge < -0.3 is 10.3 Å². The summed E-state index contributed by atoms with van der Waals surface area (Å²) >= 11 is 0. The van der Waals surface area contributed by atoms with Gasteiger partial charge in [0.05, 0.1) is 12.2 Å². The highest BCUT2D eigenvalue weighted by molar-refractivity contribution is 5.26. The van der Waals surface area contributed by atoms with E-state index in [1.807, 2.05) is 20.0 Å². The third kappa shape index (κ3) is 1.48. The van der Waals surface area contributed by atoms with Gasteiger partial charge in [0.2, 0.25) is 0 Å². The number of aryl methyl sites for hydroxylation is 2. The molecule has 2 aromatic heterocycles. The number of nitrogens with two attached hydrogens (primary N) is 1. The first-order valence-electron chi connectivity index (χ1n) is 4.37. The summed E-state index contributed by atoms with van der Waals surface area (Å²) in [6.45, 7) is 4.46. The molecule has 0 aromatic carbocycles. The van der Waals surface area contributed by atoms with Crippen molar-refractivity contribution in [3.05, 3.63) is 29.3 Å². The first kappa shape index (κ1) is 8.80. The topological polar surface area (TPSA) is 69.9 Å². The SMILES string of the molecule is Cc1noc(C)c1Cn1ccc(N)n1. The predicted molar refractivity (Wildman–Crippen MR) is 51.7 cm³/mol. The second-order valence-corrected chi connectivity index (χ2v) is 3.24. The summed E-state index contributed by atoms with van der Waals surface area (Å²) in [5.74, 6) is 1.35. The van der Waals surface area contributed by atoms with Gasteiger partial charge in [0.25, 0.3) is 0 Å². The lowest BCUT2D eigenvalue weighted by Crippen LogP contribution is -2.02. The van der Waals surface area contributed by atoms with Crippen molar-refractivity contribution in [2.75, 3.05) is 5.73 Å². The number of hydrogen-bond donors (Lipinski definition) is 1. The van der Waals surface area contributed by atoms with Crippen LogP contribution in [0.25, 0.3) is 0 Å². The van der Waals surface area contributed by atoms with Crippen LogP contribution in [0.4, 0.5) is 5.82 Å². The molecule has 0 aliphatic rings. The number of rotatable bonds is 2. The Labute approximate surface area is 81.5 Å². The lowest BCUT2D eigenvalue weighted by molar-refractivity contribution is 0.391. The van der Waals surface area contributed by atoms with Crippen molar-refractivity contribution in [3.63, 3.8) is 0 Å². The van der Waals surface area contributed by atoms with Gasteiger partial charge in [0.15, 0.2) is 0 Å². The molecule has 0 aliphatic carbocycles. The summed E-state index contributed by atoms with van der Waals surface area (Å²) in [7, 11) is 0. The molecule has 0 radical (unpaired) electrons. The third-order valence-electron chi connectivity index (χ3n) is 2.16. The van der Waals surface area contributed by atoms with Gasteiger partial charge >= 0.3 is 0 Å². The van der Waals surface area contributed by atoms with E-state index in [4.69, 9.17) is 10.3 Å². The van der Waals surface area contributed by atoms with Crippen molar-refractivity contribution >= 4 is 5.82 Å². The summed E-state index contributed by atoms with van der Waals surface area (Å²) in [6, 6.07) is 1.76. The van der Waals surface area contributed by atoms with Gasteiger partial charge in [-0.1, -0.05) is 5.16 Å². The summed E-state index contributed by atoms with van der Waals surface area (Å²) < 4.78 is 6.82. The number of hydrogen-bond acceptors (Lipinski definition) is 4. The second kappa shape index (κ2) is 3.17. The van der Waals surface area contributed by atoms with E-state index < -0.39 is 0 Å². The van der Waals surface area contributed by atoms with Gasteiger partial charge in [-0.25, -0.2) is 0 Å². The molecule has 0 amide bonds. The summed E-state index contributed by atoms with van der Waals surface area (Å²) in [6.07, 6.45) is 1.83. The van der Waals surface area contributed by atoms with E-state index in [9.17, 15) is 0 Å². The summed E-state index contributed by atoms with van der Waals surface area (Å²) in [5, 5.41) is 7.96. The van der Waals surface area contributed by atoms with Crippen LogP contribution in [-0.4, -0.2) is 14.9 Å². The van der Waals surface area contributed by atoms with Crippen molar-refractivity contribution < 1.29 is 4.52 Å². The molecule has 0 atom stereocenters. The summed E-state index contributed by atoms with van der Waals surface area (Å²) in [4.78, 5) is 0. The van der Waals surface area contributed by atoms with Crippen molar-refractivity contribution in [1.29, 1.82) is 0 Å². The van der Waals surface area contributed by atoms with Gasteiger partial charge in [-0.2, -0.15) is 5.10 Å². The van der Waals surface area contributed by atoms with Crippen molar-refractivity contribution in [1.82, 2.24) is 14.9 Å². The lowest BCUT2D eigenvalue weighted by Gasteiger charge is -1.99. The largest absolute Gasteiger partial charge is 0.382 e. The monoisotopic (exact) mass is 192 g/mol. The van der Waals surface area contributed by atoms with E-state index >= 15 is 0 Å². The van der Waals surface area contributed by atoms with Gasteiger partial charge in [-0.05, 0) is 19.9 Å². The van der Waals surface area contributed by atoms with E-state index in [1.165, 1.54) is 0 Å². The molecule has 0 spiro atoms. The standard InChI is InChI=1S/C9H12N4O/c1-6-8(7(2)14-12-6)5-13-4-3-9(10)11-13/h3-4H,5H2,1-2H3,(H2,10,11). The van der Waals surface area contributed by atoms with Crippen LogP contribution in [0, 0.1) is 13.8 Å². The molecule has 2 rings (SSSR count). The Morgan fingerprint density at radius 3 is 2.79 bits per heavy atom. The Bertz CT molecular complexity index is 424. The van der Waals surface area contributed by atoms with Crippen molar-refractivity contribution in [3.8, 4) is 0 Å². The van der Waals surface area contributed by atoms with Gasteiger partial charge in [-0.15, -0.1) is 0 Å². The molecule has 5 nitrogen and oxygen atoms in total. The van der Waals surface area contributed by atoms with Gasteiger partial charge in [0, 0.05) is 11.8 Å². The number of aromatic nitrogens is 3. The zero-order valence-corrected chi connectivity index (χ0v) is 8.19. The molecule has 2 N–H and O–H groups in total. The van der Waals surface area contributed by atoms with Crippen LogP contribution in [-0.2, 0) is 6.54 Å². The molecule has 0 saturated heterocycles. The Morgan fingerprint density at radius 1 is 1.50 bits per heavy atom. The van der Waals surface area contributed by atoms with E-state index in [0.29, 0.717) is 12.4 Å². The maximum Gasteiger partial charge on any atom is 0.145 e. The lowest BCUT2D eigenvalue weighted by atomic mass is 10.2. The quantitative estimate of drug-likeness (QED) is 0.774. The highest BCUT2D eigenvalue weighted by atomic mass is 16.5. The molecule has 74 valence electrons. The van der Waals surface area contributed by atoms with Crippen LogP contribution in [0.5, 0.6) is 0 Å². The Kier molecular flexibility index (Phi) is 1.99. The molecule has 0 bridgehead atoms. The Morgan fingerprint density at radius 2 is 2.29 bits per heavy atom. The van der Waals surface area contributed by atoms with E-state index in [1.54, 1.807) is 10.7 Å². The maximum atomic E-state index is 5.51. The minimum Gasteiger partial charge on any atom is -0.382 e. The molecule has 2 heterocycles. The minimum atomic E-state index is 0.525. The molecule has 0 saturated carbocycles. The first-order valence-corrected chi connectivity index (χ1v) is 4.37. The average Bonchev–Trinajstić information content (AvgIpc) is 2.67. The minimum absolute atomic E-state index is 0.525. The Balaban J connectivity index is 2.26. The maximum absolute atomic E-state index is 5.51. The highest BCUT2D eigenvalue weighted by Crippen LogP contribution is 2.13. The summed E-state index contributed by atoms with van der Waals surface area (Å²) in [5.41, 5.74) is 7.48. The van der Waals surface area contributed by atoms with Crippen molar-refractivity contribution in [2.24, 2.45) is 0 Å². The molecule has 0 unspecified atom stereocenters. The van der Waals surface area contributed by atoms with Crippen LogP contribution in [0.3, 0.4) is 0 Å². The van der Waals surface area contributed by atoms with Crippen LogP contribution < -0.4 is 5.73 Å². The number of nitrogen functional groups attached to an aromatic ring is 1. The fourth-order valence-corrected chi connectivity index (χ4v) is 1.36. The first-order chi connectivity index (χ1) is 6.66. The van der Waals surface area contributed by atoms with E-state index in [0.717, 1.165) is 17.0 Å². The van der Waals surface area contributed by atoms with Gasteiger partial charge in [-0.3, -0.25) is 4.68 Å². The van der Waals surface area contributed by atoms with E-state index in [2.05, 4.69) is 10.3 Å². The predicted octanol–water partition coefficient (Wildman–Crippen LogP) is 1.12. The molecule has 0 fully saturated rings. The van der Waals surface area contributed by atoms with Crippen LogP contribution in [0.1, 0.15) is 17.0 Å². The van der Waals surface area contributed by atoms with Crippen LogP contribution >= 0.6 is 0 Å². The molecule has 14 heavy (non-hydrogen) atoms. The zero-order chi connectivity index (χ0) is 10.1. The molecular formula is C9H12N4O. The van der Waals surface area contributed by atoms with E-state index in [-0.39, 0.29) is 0 Å². The van der Waals surface area contributed by atoms with Crippen molar-refractivity contribution in [2.45, 2.75) is 20.4 Å². The molecule has 0 aliphatic heterocycles. The van der Waals surface area contributed by atoms with Gasteiger partial charge in [0.1, 0.15) is 11.6 Å². The Hall–Kier alpha value is -1.78. The zero-order valence-electron chi connectivity index (χ0n) is 8.19. The number of nitrogens with zero attached hydrogens (tertiary/aromatic N) is 3.